The first kappa shape index (κ1) is 15.5. The van der Waals surface area contributed by atoms with Crippen molar-refractivity contribution in [2.24, 2.45) is 0 Å². The maximum atomic E-state index is 2.25. The molecule has 0 radical (unpaired) electrons. The number of rotatable bonds is 6. The lowest BCUT2D eigenvalue weighted by atomic mass is 9.91. The van der Waals surface area contributed by atoms with Crippen molar-refractivity contribution in [1.29, 1.82) is 0 Å². The molecule has 1 nitrogen and oxygen atoms in total. The van der Waals surface area contributed by atoms with E-state index in [9.17, 15) is 0 Å². The average Bonchev–Trinajstić information content (AvgIpc) is 2.53. The lowest BCUT2D eigenvalue weighted by Crippen LogP contribution is -2.13. The Morgan fingerprint density at radius 1 is 0.762 bits per heavy atom. The largest absolute Gasteiger partial charge is 0.309 e. The zero-order valence-electron chi connectivity index (χ0n) is 13.3. The fourth-order valence-corrected chi connectivity index (χ4v) is 2.68. The maximum Gasteiger partial charge on any atom is 0.00160 e. The summed E-state index contributed by atoms with van der Waals surface area (Å²) in [5.74, 6) is 0. The first-order valence-corrected chi connectivity index (χ1v) is 7.70. The highest BCUT2D eigenvalue weighted by atomic mass is 15.0. The molecular weight excluding hydrogens is 254 g/mol. The van der Waals surface area contributed by atoms with Crippen molar-refractivity contribution in [3.8, 4) is 0 Å². The Bertz CT molecular complexity index is 567. The third-order valence-corrected chi connectivity index (χ3v) is 3.77. The van der Waals surface area contributed by atoms with Gasteiger partial charge in [0, 0.05) is 6.54 Å². The predicted octanol–water partition coefficient (Wildman–Crippen LogP) is 4.96. The summed E-state index contributed by atoms with van der Waals surface area (Å²) in [5, 5.41) is 0. The molecule has 0 unspecified atom stereocenters. The first-order chi connectivity index (χ1) is 10.2. The van der Waals surface area contributed by atoms with Gasteiger partial charge in [0.05, 0.1) is 0 Å². The highest BCUT2D eigenvalue weighted by Gasteiger charge is 2.10. The Morgan fingerprint density at radius 2 is 1.24 bits per heavy atom. The molecule has 0 aliphatic carbocycles. The zero-order valence-corrected chi connectivity index (χ0v) is 13.3. The average molecular weight is 279 g/mol. The van der Waals surface area contributed by atoms with E-state index in [-0.39, 0.29) is 0 Å². The number of nitrogens with zero attached hydrogens (tertiary/aromatic N) is 1. The van der Waals surface area contributed by atoms with E-state index in [0.29, 0.717) is 0 Å². The van der Waals surface area contributed by atoms with Crippen molar-refractivity contribution in [3.05, 3.63) is 71.8 Å². The van der Waals surface area contributed by atoms with Gasteiger partial charge in [0.15, 0.2) is 0 Å². The molecule has 2 rings (SSSR count). The van der Waals surface area contributed by atoms with Crippen LogP contribution in [0.5, 0.6) is 0 Å². The van der Waals surface area contributed by atoms with Crippen molar-refractivity contribution in [3.63, 3.8) is 0 Å². The molecule has 110 valence electrons. The van der Waals surface area contributed by atoms with Gasteiger partial charge >= 0.3 is 0 Å². The van der Waals surface area contributed by atoms with E-state index >= 15 is 0 Å². The monoisotopic (exact) mass is 279 g/mol. The molecule has 0 amide bonds. The molecule has 0 saturated heterocycles. The third-order valence-electron chi connectivity index (χ3n) is 3.77. The fraction of sp³-hybridized carbons (Fsp3) is 0.300. The van der Waals surface area contributed by atoms with E-state index in [0.717, 1.165) is 19.4 Å². The highest BCUT2D eigenvalue weighted by Crippen LogP contribution is 2.31. The second kappa shape index (κ2) is 7.80. The van der Waals surface area contributed by atoms with Crippen molar-refractivity contribution in [2.45, 2.75) is 19.8 Å². The van der Waals surface area contributed by atoms with Crippen molar-refractivity contribution in [1.82, 2.24) is 4.90 Å². The van der Waals surface area contributed by atoms with E-state index in [4.69, 9.17) is 0 Å². The van der Waals surface area contributed by atoms with E-state index in [1.165, 1.54) is 22.3 Å². The highest BCUT2D eigenvalue weighted by molar-refractivity contribution is 5.90. The number of allylic oxidation sites excluding steroid dienone is 1. The van der Waals surface area contributed by atoms with Crippen molar-refractivity contribution in [2.75, 3.05) is 20.6 Å². The summed E-state index contributed by atoms with van der Waals surface area (Å²) < 4.78 is 0. The number of benzene rings is 2. The number of hydrogen-bond acceptors (Lipinski definition) is 1. The van der Waals surface area contributed by atoms with Crippen LogP contribution in [0, 0.1) is 0 Å². The molecule has 0 aliphatic rings. The molecule has 1 heteroatoms. The summed E-state index contributed by atoms with van der Waals surface area (Å²) in [6.07, 6.45) is 2.14. The van der Waals surface area contributed by atoms with Crippen LogP contribution >= 0.6 is 0 Å². The predicted molar refractivity (Wildman–Crippen MR) is 93.2 cm³/mol. The van der Waals surface area contributed by atoms with Gasteiger partial charge < -0.3 is 4.90 Å². The van der Waals surface area contributed by atoms with Gasteiger partial charge in [-0.3, -0.25) is 0 Å². The van der Waals surface area contributed by atoms with Gasteiger partial charge in [-0.1, -0.05) is 67.6 Å². The molecule has 2 aromatic carbocycles. The summed E-state index contributed by atoms with van der Waals surface area (Å²) >= 11 is 0. The van der Waals surface area contributed by atoms with Gasteiger partial charge in [0.1, 0.15) is 0 Å². The Kier molecular flexibility index (Phi) is 5.77. The van der Waals surface area contributed by atoms with Crippen LogP contribution < -0.4 is 0 Å². The van der Waals surface area contributed by atoms with E-state index in [1.807, 2.05) is 0 Å². The molecule has 0 saturated carbocycles. The van der Waals surface area contributed by atoms with Crippen LogP contribution in [0.2, 0.25) is 0 Å². The van der Waals surface area contributed by atoms with Crippen molar-refractivity contribution >= 4 is 11.1 Å². The quantitative estimate of drug-likeness (QED) is 0.676. The molecule has 2 aromatic rings. The van der Waals surface area contributed by atoms with Gasteiger partial charge in [0.2, 0.25) is 0 Å². The standard InChI is InChI=1S/C20H25N/c1-4-19(17-11-7-5-8-12-17)20(15-16-21(2)3)18-13-9-6-10-14-18/h5-14H,4,15-16H2,1-3H3. The topological polar surface area (TPSA) is 3.24 Å². The molecular formula is C20H25N. The Hall–Kier alpha value is -1.86. The molecule has 0 aliphatic heterocycles. The second-order valence-electron chi connectivity index (χ2n) is 5.60. The maximum absolute atomic E-state index is 2.25. The summed E-state index contributed by atoms with van der Waals surface area (Å²) in [6, 6.07) is 21.6. The number of hydrogen-bond donors (Lipinski definition) is 0. The summed E-state index contributed by atoms with van der Waals surface area (Å²) in [5.41, 5.74) is 5.62. The molecule has 0 bridgehead atoms. The molecule has 0 aromatic heterocycles. The zero-order chi connectivity index (χ0) is 15.1. The van der Waals surface area contributed by atoms with Gasteiger partial charge in [-0.2, -0.15) is 0 Å². The minimum Gasteiger partial charge on any atom is -0.309 e. The molecule has 0 spiro atoms. The third kappa shape index (κ3) is 4.30. The fourth-order valence-electron chi connectivity index (χ4n) is 2.68. The van der Waals surface area contributed by atoms with Crippen LogP contribution in [-0.2, 0) is 0 Å². The van der Waals surface area contributed by atoms with E-state index in [1.54, 1.807) is 0 Å². The second-order valence-corrected chi connectivity index (χ2v) is 5.60. The van der Waals surface area contributed by atoms with Crippen LogP contribution in [0.25, 0.3) is 11.1 Å². The molecule has 21 heavy (non-hydrogen) atoms. The molecule has 0 fully saturated rings. The van der Waals surface area contributed by atoms with Crippen molar-refractivity contribution < 1.29 is 0 Å². The van der Waals surface area contributed by atoms with Crippen LogP contribution in [0.3, 0.4) is 0 Å². The van der Waals surface area contributed by atoms with Gasteiger partial charge in [-0.15, -0.1) is 0 Å². The van der Waals surface area contributed by atoms with Crippen LogP contribution in [0.15, 0.2) is 60.7 Å². The smallest absolute Gasteiger partial charge is 0.00160 e. The van der Waals surface area contributed by atoms with Crippen LogP contribution in [-0.4, -0.2) is 25.5 Å². The van der Waals surface area contributed by atoms with Crippen LogP contribution in [0.4, 0.5) is 0 Å². The summed E-state index contributed by atoms with van der Waals surface area (Å²) in [7, 11) is 4.27. The SMILES string of the molecule is CCC(=C(CCN(C)C)c1ccccc1)c1ccccc1. The molecule has 0 heterocycles. The van der Waals surface area contributed by atoms with E-state index in [2.05, 4.69) is 86.6 Å². The lowest BCUT2D eigenvalue weighted by molar-refractivity contribution is 0.419. The Balaban J connectivity index is 2.47. The van der Waals surface area contributed by atoms with Gasteiger partial charge in [-0.05, 0) is 49.2 Å². The normalized spacial score (nSPS) is 12.4. The minimum atomic E-state index is 1.06. The molecule has 0 atom stereocenters. The van der Waals surface area contributed by atoms with Gasteiger partial charge in [0.25, 0.3) is 0 Å². The minimum absolute atomic E-state index is 1.06. The summed E-state index contributed by atoms with van der Waals surface area (Å²) in [4.78, 5) is 2.25. The first-order valence-electron chi connectivity index (χ1n) is 7.70. The lowest BCUT2D eigenvalue weighted by Gasteiger charge is -2.18. The van der Waals surface area contributed by atoms with Crippen LogP contribution in [0.1, 0.15) is 30.9 Å². The van der Waals surface area contributed by atoms with E-state index < -0.39 is 0 Å². The summed E-state index contributed by atoms with van der Waals surface area (Å²) in [6.45, 7) is 3.32. The Labute approximate surface area is 128 Å². The molecule has 0 N–H and O–H groups in total. The van der Waals surface area contributed by atoms with Gasteiger partial charge in [-0.25, -0.2) is 0 Å². The Morgan fingerprint density at radius 3 is 1.67 bits per heavy atom.